The first-order chi connectivity index (χ1) is 9.20. The molecule has 0 amide bonds. The molecule has 0 aliphatic heterocycles. The highest BCUT2D eigenvalue weighted by Crippen LogP contribution is 2.27. The van der Waals surface area contributed by atoms with E-state index in [0.29, 0.717) is 0 Å². The summed E-state index contributed by atoms with van der Waals surface area (Å²) in [5.41, 5.74) is 4.56. The summed E-state index contributed by atoms with van der Waals surface area (Å²) in [6.45, 7) is 6.30. The topological polar surface area (TPSA) is 26.0 Å². The third-order valence-electron chi connectivity index (χ3n) is 3.39. The van der Waals surface area contributed by atoms with Gasteiger partial charge in [-0.05, 0) is 50.5 Å². The van der Waals surface area contributed by atoms with Crippen LogP contribution >= 0.6 is 0 Å². The molecular formula is C17H23NO. The first-order valence-corrected chi connectivity index (χ1v) is 7.22. The van der Waals surface area contributed by atoms with Crippen LogP contribution in [0.3, 0.4) is 0 Å². The summed E-state index contributed by atoms with van der Waals surface area (Å²) in [4.78, 5) is 4.42. The van der Waals surface area contributed by atoms with Crippen molar-refractivity contribution in [3.05, 3.63) is 41.4 Å². The first-order valence-electron chi connectivity index (χ1n) is 7.22. The number of rotatable bonds is 6. The highest BCUT2D eigenvalue weighted by Gasteiger charge is 2.10. The summed E-state index contributed by atoms with van der Waals surface area (Å²) >= 11 is 0. The Bertz CT molecular complexity index is 508. The molecule has 0 N–H and O–H groups in total. The van der Waals surface area contributed by atoms with Gasteiger partial charge in [0, 0.05) is 17.0 Å². The van der Waals surface area contributed by atoms with Crippen molar-refractivity contribution in [2.24, 2.45) is 0 Å². The largest absolute Gasteiger partial charge is 0.464 e. The Morgan fingerprint density at radius 1 is 1.05 bits per heavy atom. The minimum atomic E-state index is 1.02. The molecule has 0 saturated heterocycles. The average Bonchev–Trinajstić information content (AvgIpc) is 2.82. The second-order valence-corrected chi connectivity index (χ2v) is 5.22. The van der Waals surface area contributed by atoms with Crippen molar-refractivity contribution in [1.29, 1.82) is 0 Å². The average molecular weight is 257 g/mol. The van der Waals surface area contributed by atoms with E-state index in [9.17, 15) is 0 Å². The van der Waals surface area contributed by atoms with Crippen molar-refractivity contribution in [3.8, 4) is 11.3 Å². The molecule has 2 aromatic heterocycles. The highest BCUT2D eigenvalue weighted by atomic mass is 16.3. The Morgan fingerprint density at radius 2 is 1.79 bits per heavy atom. The third-order valence-corrected chi connectivity index (χ3v) is 3.39. The Balaban J connectivity index is 2.14. The van der Waals surface area contributed by atoms with Crippen molar-refractivity contribution < 1.29 is 4.42 Å². The van der Waals surface area contributed by atoms with Crippen LogP contribution < -0.4 is 0 Å². The standard InChI is InChI=1S/C17H23NO/c1-4-5-6-7-8-15-9-10-19-17(15)16-11-13(2)18-14(3)12-16/h9-12H,4-8H2,1-3H3. The Kier molecular flexibility index (Phi) is 4.78. The molecule has 0 aromatic carbocycles. The quantitative estimate of drug-likeness (QED) is 0.674. The molecule has 0 bridgehead atoms. The molecule has 0 spiro atoms. The van der Waals surface area contributed by atoms with Crippen LogP contribution in [-0.2, 0) is 6.42 Å². The Labute approximate surface area is 115 Å². The van der Waals surface area contributed by atoms with Gasteiger partial charge in [-0.3, -0.25) is 4.98 Å². The van der Waals surface area contributed by atoms with Gasteiger partial charge in [0.05, 0.1) is 6.26 Å². The van der Waals surface area contributed by atoms with E-state index in [2.05, 4.69) is 30.1 Å². The van der Waals surface area contributed by atoms with Crippen LogP contribution in [0.25, 0.3) is 11.3 Å². The van der Waals surface area contributed by atoms with E-state index in [1.165, 1.54) is 31.2 Å². The molecule has 2 heteroatoms. The monoisotopic (exact) mass is 257 g/mol. The summed E-state index contributed by atoms with van der Waals surface area (Å²) in [7, 11) is 0. The van der Waals surface area contributed by atoms with Gasteiger partial charge in [-0.25, -0.2) is 0 Å². The zero-order valence-electron chi connectivity index (χ0n) is 12.2. The van der Waals surface area contributed by atoms with Crippen molar-refractivity contribution in [1.82, 2.24) is 4.98 Å². The van der Waals surface area contributed by atoms with Crippen LogP contribution in [0, 0.1) is 13.8 Å². The number of unbranched alkanes of at least 4 members (excludes halogenated alkanes) is 3. The number of hydrogen-bond donors (Lipinski definition) is 0. The summed E-state index contributed by atoms with van der Waals surface area (Å²) in [6, 6.07) is 6.30. The fourth-order valence-electron chi connectivity index (χ4n) is 2.49. The zero-order valence-corrected chi connectivity index (χ0v) is 12.2. The van der Waals surface area contributed by atoms with E-state index in [-0.39, 0.29) is 0 Å². The summed E-state index contributed by atoms with van der Waals surface area (Å²) < 4.78 is 5.69. The van der Waals surface area contributed by atoms with Gasteiger partial charge < -0.3 is 4.42 Å². The number of aromatic nitrogens is 1. The number of furan rings is 1. The predicted octanol–water partition coefficient (Wildman–Crippen LogP) is 5.08. The molecule has 2 heterocycles. The molecule has 19 heavy (non-hydrogen) atoms. The van der Waals surface area contributed by atoms with Crippen molar-refractivity contribution in [3.63, 3.8) is 0 Å². The lowest BCUT2D eigenvalue weighted by Crippen LogP contribution is -1.91. The number of aryl methyl sites for hydroxylation is 3. The van der Waals surface area contributed by atoms with Crippen LogP contribution in [0.15, 0.2) is 28.9 Å². The third kappa shape index (κ3) is 3.69. The van der Waals surface area contributed by atoms with Crippen LogP contribution in [0.4, 0.5) is 0 Å². The molecule has 0 radical (unpaired) electrons. The Hall–Kier alpha value is -1.57. The summed E-state index contributed by atoms with van der Waals surface area (Å²) in [6.07, 6.45) is 8.04. The highest BCUT2D eigenvalue weighted by molar-refractivity contribution is 5.62. The molecule has 0 saturated carbocycles. The number of pyridine rings is 1. The van der Waals surface area contributed by atoms with Gasteiger partial charge in [0.25, 0.3) is 0 Å². The molecular weight excluding hydrogens is 234 g/mol. The molecule has 0 atom stereocenters. The van der Waals surface area contributed by atoms with Gasteiger partial charge in [-0.15, -0.1) is 0 Å². The van der Waals surface area contributed by atoms with E-state index < -0.39 is 0 Å². The van der Waals surface area contributed by atoms with Gasteiger partial charge in [0.15, 0.2) is 0 Å². The maximum absolute atomic E-state index is 5.69. The maximum Gasteiger partial charge on any atom is 0.137 e. The second kappa shape index (κ2) is 6.55. The van der Waals surface area contributed by atoms with Crippen LogP contribution in [0.1, 0.15) is 49.6 Å². The lowest BCUT2D eigenvalue weighted by molar-refractivity contribution is 0.577. The lowest BCUT2D eigenvalue weighted by atomic mass is 10.0. The van der Waals surface area contributed by atoms with Crippen molar-refractivity contribution in [2.45, 2.75) is 52.9 Å². The fraction of sp³-hybridized carbons (Fsp3) is 0.471. The maximum atomic E-state index is 5.69. The number of hydrogen-bond acceptors (Lipinski definition) is 2. The molecule has 2 aromatic rings. The minimum Gasteiger partial charge on any atom is -0.464 e. The summed E-state index contributed by atoms with van der Waals surface area (Å²) in [5.74, 6) is 1.02. The Morgan fingerprint density at radius 3 is 2.47 bits per heavy atom. The number of nitrogens with zero attached hydrogens (tertiary/aromatic N) is 1. The molecule has 0 aliphatic rings. The van der Waals surface area contributed by atoms with Crippen LogP contribution in [0.2, 0.25) is 0 Å². The molecule has 0 unspecified atom stereocenters. The van der Waals surface area contributed by atoms with Gasteiger partial charge in [0.2, 0.25) is 0 Å². The van der Waals surface area contributed by atoms with E-state index in [0.717, 1.165) is 29.1 Å². The molecule has 2 nitrogen and oxygen atoms in total. The minimum absolute atomic E-state index is 1.02. The normalized spacial score (nSPS) is 10.9. The molecule has 0 fully saturated rings. The van der Waals surface area contributed by atoms with E-state index in [1.807, 2.05) is 13.8 Å². The van der Waals surface area contributed by atoms with Crippen LogP contribution in [0.5, 0.6) is 0 Å². The lowest BCUT2D eigenvalue weighted by Gasteiger charge is -2.05. The smallest absolute Gasteiger partial charge is 0.137 e. The van der Waals surface area contributed by atoms with Crippen molar-refractivity contribution >= 4 is 0 Å². The predicted molar refractivity (Wildman–Crippen MR) is 79.3 cm³/mol. The van der Waals surface area contributed by atoms with E-state index >= 15 is 0 Å². The summed E-state index contributed by atoms with van der Waals surface area (Å²) in [5, 5.41) is 0. The van der Waals surface area contributed by atoms with Gasteiger partial charge in [-0.1, -0.05) is 26.2 Å². The SMILES string of the molecule is CCCCCCc1ccoc1-c1cc(C)nc(C)c1. The van der Waals surface area contributed by atoms with E-state index in [1.54, 1.807) is 6.26 Å². The fourth-order valence-corrected chi connectivity index (χ4v) is 2.49. The zero-order chi connectivity index (χ0) is 13.7. The molecule has 0 aliphatic carbocycles. The molecule has 102 valence electrons. The van der Waals surface area contributed by atoms with Gasteiger partial charge >= 0.3 is 0 Å². The van der Waals surface area contributed by atoms with Gasteiger partial charge in [-0.2, -0.15) is 0 Å². The van der Waals surface area contributed by atoms with E-state index in [4.69, 9.17) is 4.42 Å². The molecule has 2 rings (SSSR count). The van der Waals surface area contributed by atoms with Crippen molar-refractivity contribution in [2.75, 3.05) is 0 Å². The first kappa shape index (κ1) is 13.9. The van der Waals surface area contributed by atoms with Crippen LogP contribution in [-0.4, -0.2) is 4.98 Å². The second-order valence-electron chi connectivity index (χ2n) is 5.22. The van der Waals surface area contributed by atoms with Gasteiger partial charge in [0.1, 0.15) is 5.76 Å².